The van der Waals surface area contributed by atoms with Gasteiger partial charge in [0.05, 0.1) is 11.9 Å². The lowest BCUT2D eigenvalue weighted by molar-refractivity contribution is 0.560. The average molecular weight is 256 g/mol. The molecule has 1 aromatic heterocycles. The molecule has 2 aromatic rings. The van der Waals surface area contributed by atoms with Crippen LogP contribution in [0.2, 0.25) is 0 Å². The summed E-state index contributed by atoms with van der Waals surface area (Å²) in [5, 5.41) is 11.6. The van der Waals surface area contributed by atoms with Gasteiger partial charge in [0.2, 0.25) is 0 Å². The minimum Gasteiger partial charge on any atom is -0.385 e. The van der Waals surface area contributed by atoms with E-state index in [1.165, 1.54) is 35.3 Å². The van der Waals surface area contributed by atoms with E-state index in [4.69, 9.17) is 0 Å². The van der Waals surface area contributed by atoms with Gasteiger partial charge in [-0.15, -0.1) is 5.10 Å². The molecule has 0 radical (unpaired) electrons. The third kappa shape index (κ3) is 2.62. The van der Waals surface area contributed by atoms with Gasteiger partial charge < -0.3 is 5.32 Å². The van der Waals surface area contributed by atoms with Crippen LogP contribution < -0.4 is 5.32 Å². The van der Waals surface area contributed by atoms with Crippen molar-refractivity contribution in [1.82, 2.24) is 15.0 Å². The Morgan fingerprint density at radius 2 is 2.32 bits per heavy atom. The molecular formula is C15H20N4. The van der Waals surface area contributed by atoms with Crippen LogP contribution in [-0.4, -0.2) is 21.5 Å². The quantitative estimate of drug-likeness (QED) is 0.914. The fourth-order valence-electron chi connectivity index (χ4n) is 2.66. The van der Waals surface area contributed by atoms with E-state index in [-0.39, 0.29) is 0 Å². The molecular weight excluding hydrogens is 236 g/mol. The zero-order chi connectivity index (χ0) is 13.1. The topological polar surface area (TPSA) is 42.7 Å². The fraction of sp³-hybridized carbons (Fsp3) is 0.467. The van der Waals surface area contributed by atoms with E-state index in [0.29, 0.717) is 0 Å². The molecule has 4 heteroatoms. The summed E-state index contributed by atoms with van der Waals surface area (Å²) in [4.78, 5) is 0. The molecule has 0 spiro atoms. The molecule has 1 aliphatic heterocycles. The van der Waals surface area contributed by atoms with E-state index in [2.05, 4.69) is 40.8 Å². The Morgan fingerprint density at radius 3 is 3.21 bits per heavy atom. The summed E-state index contributed by atoms with van der Waals surface area (Å²) in [6, 6.07) is 6.74. The molecule has 2 heterocycles. The Kier molecular flexibility index (Phi) is 3.49. The molecule has 0 unspecified atom stereocenters. The molecule has 0 saturated heterocycles. The van der Waals surface area contributed by atoms with E-state index in [0.717, 1.165) is 25.9 Å². The highest BCUT2D eigenvalue weighted by Crippen LogP contribution is 2.23. The second kappa shape index (κ2) is 5.43. The molecule has 1 aliphatic rings. The van der Waals surface area contributed by atoms with Crippen molar-refractivity contribution < 1.29 is 0 Å². The number of aryl methyl sites for hydroxylation is 2. The first-order chi connectivity index (χ1) is 9.36. The summed E-state index contributed by atoms with van der Waals surface area (Å²) in [5.74, 6) is 0. The highest BCUT2D eigenvalue weighted by molar-refractivity contribution is 5.54. The van der Waals surface area contributed by atoms with E-state index in [1.807, 2.05) is 10.9 Å². The Morgan fingerprint density at radius 1 is 1.37 bits per heavy atom. The lowest BCUT2D eigenvalue weighted by atomic mass is 9.99. The third-order valence-electron chi connectivity index (χ3n) is 3.63. The number of hydrogen-bond donors (Lipinski definition) is 1. The predicted molar refractivity (Wildman–Crippen MR) is 76.4 cm³/mol. The SMILES string of the molecule is CCCn1nncc1Cc1ccc2c(c1)CCCN2. The molecule has 0 amide bonds. The molecule has 0 atom stereocenters. The summed E-state index contributed by atoms with van der Waals surface area (Å²) < 4.78 is 2.01. The maximum absolute atomic E-state index is 4.14. The van der Waals surface area contributed by atoms with Gasteiger partial charge in [-0.05, 0) is 36.5 Å². The summed E-state index contributed by atoms with van der Waals surface area (Å²) in [6.45, 7) is 4.21. The van der Waals surface area contributed by atoms with Crippen LogP contribution in [0.25, 0.3) is 0 Å². The summed E-state index contributed by atoms with van der Waals surface area (Å²) in [6.07, 6.45) is 6.30. The molecule has 3 rings (SSSR count). The van der Waals surface area contributed by atoms with Gasteiger partial charge in [-0.2, -0.15) is 0 Å². The largest absolute Gasteiger partial charge is 0.385 e. The lowest BCUT2D eigenvalue weighted by Gasteiger charge is -2.18. The minimum absolute atomic E-state index is 0.917. The number of nitrogens with one attached hydrogen (secondary N) is 1. The van der Waals surface area contributed by atoms with Gasteiger partial charge in [0.25, 0.3) is 0 Å². The van der Waals surface area contributed by atoms with Crippen LogP contribution >= 0.6 is 0 Å². The zero-order valence-corrected chi connectivity index (χ0v) is 11.4. The van der Waals surface area contributed by atoms with Gasteiger partial charge in [-0.1, -0.05) is 24.3 Å². The highest BCUT2D eigenvalue weighted by atomic mass is 15.4. The molecule has 1 N–H and O–H groups in total. The second-order valence-electron chi connectivity index (χ2n) is 5.15. The molecule has 100 valence electrons. The van der Waals surface area contributed by atoms with Crippen molar-refractivity contribution in [2.24, 2.45) is 0 Å². The maximum atomic E-state index is 4.14. The normalized spacial score (nSPS) is 13.9. The van der Waals surface area contributed by atoms with Crippen molar-refractivity contribution in [3.05, 3.63) is 41.2 Å². The van der Waals surface area contributed by atoms with E-state index >= 15 is 0 Å². The van der Waals surface area contributed by atoms with E-state index < -0.39 is 0 Å². The summed E-state index contributed by atoms with van der Waals surface area (Å²) in [7, 11) is 0. The number of nitrogens with zero attached hydrogens (tertiary/aromatic N) is 3. The van der Waals surface area contributed by atoms with Gasteiger partial charge in [-0.25, -0.2) is 4.68 Å². The van der Waals surface area contributed by atoms with Gasteiger partial charge >= 0.3 is 0 Å². The zero-order valence-electron chi connectivity index (χ0n) is 11.4. The van der Waals surface area contributed by atoms with Crippen molar-refractivity contribution >= 4 is 5.69 Å². The van der Waals surface area contributed by atoms with Crippen LogP contribution in [0.1, 0.15) is 36.6 Å². The van der Waals surface area contributed by atoms with Gasteiger partial charge in [0.1, 0.15) is 0 Å². The molecule has 0 fully saturated rings. The molecule has 4 nitrogen and oxygen atoms in total. The van der Waals surface area contributed by atoms with Crippen molar-refractivity contribution in [2.75, 3.05) is 11.9 Å². The third-order valence-corrected chi connectivity index (χ3v) is 3.63. The first-order valence-corrected chi connectivity index (χ1v) is 7.10. The molecule has 19 heavy (non-hydrogen) atoms. The van der Waals surface area contributed by atoms with Crippen LogP contribution in [0.4, 0.5) is 5.69 Å². The Labute approximate surface area is 113 Å². The minimum atomic E-state index is 0.917. The van der Waals surface area contributed by atoms with Crippen LogP contribution in [0.3, 0.4) is 0 Å². The number of fused-ring (bicyclic) bond motifs is 1. The predicted octanol–water partition coefficient (Wildman–Crippen LogP) is 2.64. The average Bonchev–Trinajstić information content (AvgIpc) is 2.86. The lowest BCUT2D eigenvalue weighted by Crippen LogP contribution is -2.12. The number of aromatic nitrogens is 3. The fourth-order valence-corrected chi connectivity index (χ4v) is 2.66. The monoisotopic (exact) mass is 256 g/mol. The van der Waals surface area contributed by atoms with Crippen LogP contribution in [0.5, 0.6) is 0 Å². The second-order valence-corrected chi connectivity index (χ2v) is 5.15. The Balaban J connectivity index is 1.81. The van der Waals surface area contributed by atoms with Crippen molar-refractivity contribution in [3.63, 3.8) is 0 Å². The number of anilines is 1. The van der Waals surface area contributed by atoms with Gasteiger partial charge in [0, 0.05) is 25.2 Å². The van der Waals surface area contributed by atoms with E-state index in [1.54, 1.807) is 0 Å². The first kappa shape index (κ1) is 12.2. The highest BCUT2D eigenvalue weighted by Gasteiger charge is 2.10. The van der Waals surface area contributed by atoms with Gasteiger partial charge in [0.15, 0.2) is 0 Å². The first-order valence-electron chi connectivity index (χ1n) is 7.10. The van der Waals surface area contributed by atoms with Crippen molar-refractivity contribution in [2.45, 2.75) is 39.2 Å². The van der Waals surface area contributed by atoms with Crippen molar-refractivity contribution in [3.8, 4) is 0 Å². The summed E-state index contributed by atoms with van der Waals surface area (Å²) in [5.41, 5.74) is 5.29. The van der Waals surface area contributed by atoms with E-state index in [9.17, 15) is 0 Å². The molecule has 0 aliphatic carbocycles. The van der Waals surface area contributed by atoms with Crippen LogP contribution in [0, 0.1) is 0 Å². The molecule has 1 aromatic carbocycles. The molecule has 0 bridgehead atoms. The standard InChI is InChI=1S/C15H20N4/c1-2-8-19-14(11-17-18-19)10-12-5-6-15-13(9-12)4-3-7-16-15/h5-6,9,11,16H,2-4,7-8,10H2,1H3. The smallest absolute Gasteiger partial charge is 0.0728 e. The maximum Gasteiger partial charge on any atom is 0.0728 e. The van der Waals surface area contributed by atoms with Crippen molar-refractivity contribution in [1.29, 1.82) is 0 Å². The van der Waals surface area contributed by atoms with Crippen LogP contribution in [0.15, 0.2) is 24.4 Å². The van der Waals surface area contributed by atoms with Gasteiger partial charge in [-0.3, -0.25) is 0 Å². The number of rotatable bonds is 4. The number of benzene rings is 1. The number of hydrogen-bond acceptors (Lipinski definition) is 3. The van der Waals surface area contributed by atoms with Crippen LogP contribution in [-0.2, 0) is 19.4 Å². The Hall–Kier alpha value is -1.84. The summed E-state index contributed by atoms with van der Waals surface area (Å²) >= 11 is 0. The molecule has 0 saturated carbocycles. The Bertz CT molecular complexity index is 559.